The van der Waals surface area contributed by atoms with Gasteiger partial charge in [0, 0.05) is 6.07 Å². The van der Waals surface area contributed by atoms with Crippen molar-refractivity contribution in [2.24, 2.45) is 0 Å². The van der Waals surface area contributed by atoms with E-state index in [1.165, 1.54) is 6.07 Å². The van der Waals surface area contributed by atoms with Crippen LogP contribution in [-0.4, -0.2) is 9.55 Å². The van der Waals surface area contributed by atoms with Gasteiger partial charge in [-0.3, -0.25) is 0 Å². The first-order valence-corrected chi connectivity index (χ1v) is 7.54. The van der Waals surface area contributed by atoms with Crippen molar-refractivity contribution in [2.75, 3.05) is 0 Å². The molecule has 0 bridgehead atoms. The maximum Gasteiger partial charge on any atom is 0.178 e. The van der Waals surface area contributed by atoms with Crippen molar-refractivity contribution in [1.29, 1.82) is 0 Å². The maximum absolute atomic E-state index is 13.8. The fourth-order valence-corrected chi connectivity index (χ4v) is 3.17. The highest BCUT2D eigenvalue weighted by atomic mass is 35.5. The van der Waals surface area contributed by atoms with Gasteiger partial charge in [-0.25, -0.2) is 4.39 Å². The van der Waals surface area contributed by atoms with Crippen LogP contribution in [0, 0.1) is 10.6 Å². The standard InChI is InChI=1S/C16H14ClFN2S/c1-2-14(10-6-4-3-5-7-10)20-15-9-12(18)11(17)8-13(15)19-16(20)21/h3-9,14H,2H2,1H3,(H,19,21). The van der Waals surface area contributed by atoms with Crippen molar-refractivity contribution in [2.45, 2.75) is 19.4 Å². The first-order chi connectivity index (χ1) is 10.1. The maximum atomic E-state index is 13.8. The molecule has 0 radical (unpaired) electrons. The summed E-state index contributed by atoms with van der Waals surface area (Å²) in [5, 5.41) is 0.0960. The van der Waals surface area contributed by atoms with E-state index in [0.717, 1.165) is 23.0 Å². The molecule has 1 aromatic heterocycles. The van der Waals surface area contributed by atoms with Crippen molar-refractivity contribution >= 4 is 34.9 Å². The van der Waals surface area contributed by atoms with Gasteiger partial charge in [-0.05, 0) is 30.3 Å². The van der Waals surface area contributed by atoms with E-state index >= 15 is 0 Å². The number of aromatic nitrogens is 2. The fourth-order valence-electron chi connectivity index (χ4n) is 2.67. The van der Waals surface area contributed by atoms with Crippen LogP contribution in [0.4, 0.5) is 4.39 Å². The van der Waals surface area contributed by atoms with Crippen molar-refractivity contribution in [3.63, 3.8) is 0 Å². The van der Waals surface area contributed by atoms with Crippen molar-refractivity contribution in [3.05, 3.63) is 63.6 Å². The van der Waals surface area contributed by atoms with Gasteiger partial charge in [-0.15, -0.1) is 0 Å². The van der Waals surface area contributed by atoms with Crippen LogP contribution in [0.25, 0.3) is 11.0 Å². The Hall–Kier alpha value is -1.65. The summed E-state index contributed by atoms with van der Waals surface area (Å²) in [6.45, 7) is 2.09. The summed E-state index contributed by atoms with van der Waals surface area (Å²) in [4.78, 5) is 3.11. The minimum Gasteiger partial charge on any atom is -0.331 e. The molecule has 0 saturated heterocycles. The Bertz CT molecular complexity index is 839. The van der Waals surface area contributed by atoms with E-state index in [0.29, 0.717) is 4.77 Å². The van der Waals surface area contributed by atoms with Gasteiger partial charge < -0.3 is 9.55 Å². The zero-order chi connectivity index (χ0) is 15.0. The summed E-state index contributed by atoms with van der Waals surface area (Å²) in [5.74, 6) is -0.435. The largest absolute Gasteiger partial charge is 0.331 e. The van der Waals surface area contributed by atoms with Crippen LogP contribution in [0.5, 0.6) is 0 Å². The first-order valence-electron chi connectivity index (χ1n) is 6.76. The summed E-state index contributed by atoms with van der Waals surface area (Å²) in [5.41, 5.74) is 2.63. The third-order valence-corrected chi connectivity index (χ3v) is 4.23. The number of aromatic amines is 1. The highest BCUT2D eigenvalue weighted by molar-refractivity contribution is 7.71. The molecule has 5 heteroatoms. The van der Waals surface area contributed by atoms with Gasteiger partial charge in [0.15, 0.2) is 4.77 Å². The Balaban J connectivity index is 2.26. The van der Waals surface area contributed by atoms with Crippen LogP contribution in [-0.2, 0) is 0 Å². The average Bonchev–Trinajstić information content (AvgIpc) is 2.78. The number of hydrogen-bond donors (Lipinski definition) is 1. The molecular formula is C16H14ClFN2S. The van der Waals surface area contributed by atoms with Crippen molar-refractivity contribution in [1.82, 2.24) is 9.55 Å². The number of nitrogens with zero attached hydrogens (tertiary/aromatic N) is 1. The number of nitrogens with one attached hydrogen (secondary N) is 1. The Labute approximate surface area is 132 Å². The lowest BCUT2D eigenvalue weighted by atomic mass is 10.0. The zero-order valence-corrected chi connectivity index (χ0v) is 13.0. The number of rotatable bonds is 3. The van der Waals surface area contributed by atoms with Crippen molar-refractivity contribution in [3.8, 4) is 0 Å². The smallest absolute Gasteiger partial charge is 0.178 e. The van der Waals surface area contributed by atoms with E-state index in [2.05, 4.69) is 24.0 Å². The Morgan fingerprint density at radius 1 is 1.29 bits per heavy atom. The van der Waals surface area contributed by atoms with Gasteiger partial charge in [-0.2, -0.15) is 0 Å². The first kappa shape index (κ1) is 14.3. The molecule has 0 fully saturated rings. The molecule has 0 spiro atoms. The molecule has 21 heavy (non-hydrogen) atoms. The predicted octanol–water partition coefficient (Wildman–Crippen LogP) is 5.49. The van der Waals surface area contributed by atoms with Gasteiger partial charge in [0.25, 0.3) is 0 Å². The van der Waals surface area contributed by atoms with E-state index in [4.69, 9.17) is 23.8 Å². The number of H-pyrrole nitrogens is 1. The minimum atomic E-state index is -0.435. The number of halogens is 2. The molecule has 1 N–H and O–H groups in total. The molecule has 0 saturated carbocycles. The Morgan fingerprint density at radius 2 is 2.00 bits per heavy atom. The quantitative estimate of drug-likeness (QED) is 0.633. The number of benzene rings is 2. The molecule has 2 aromatic carbocycles. The molecular weight excluding hydrogens is 307 g/mol. The van der Waals surface area contributed by atoms with E-state index in [1.807, 2.05) is 22.8 Å². The van der Waals surface area contributed by atoms with Gasteiger partial charge in [0.1, 0.15) is 5.82 Å². The van der Waals surface area contributed by atoms with Crippen LogP contribution >= 0.6 is 23.8 Å². The summed E-state index contributed by atoms with van der Waals surface area (Å²) < 4.78 is 16.3. The topological polar surface area (TPSA) is 20.7 Å². The van der Waals surface area contributed by atoms with E-state index < -0.39 is 5.82 Å². The molecule has 2 nitrogen and oxygen atoms in total. The third kappa shape index (κ3) is 2.49. The Morgan fingerprint density at radius 3 is 2.67 bits per heavy atom. The van der Waals surface area contributed by atoms with E-state index in [9.17, 15) is 4.39 Å². The Kier molecular flexibility index (Phi) is 3.83. The third-order valence-electron chi connectivity index (χ3n) is 3.64. The second-order valence-corrected chi connectivity index (χ2v) is 5.71. The molecule has 108 valence electrons. The predicted molar refractivity (Wildman–Crippen MR) is 87.0 cm³/mol. The molecule has 0 aliphatic carbocycles. The molecule has 0 aliphatic rings. The fraction of sp³-hybridized carbons (Fsp3) is 0.188. The van der Waals surface area contributed by atoms with Crippen LogP contribution < -0.4 is 0 Å². The van der Waals surface area contributed by atoms with E-state index in [1.54, 1.807) is 6.07 Å². The number of hydrogen-bond acceptors (Lipinski definition) is 1. The lowest BCUT2D eigenvalue weighted by Crippen LogP contribution is -2.09. The molecule has 3 rings (SSSR count). The normalized spacial score (nSPS) is 12.7. The molecule has 1 heterocycles. The molecule has 1 atom stereocenters. The molecule has 0 amide bonds. The second kappa shape index (κ2) is 5.62. The average molecular weight is 321 g/mol. The van der Waals surface area contributed by atoms with Gasteiger partial charge >= 0.3 is 0 Å². The van der Waals surface area contributed by atoms with E-state index in [-0.39, 0.29) is 11.1 Å². The highest BCUT2D eigenvalue weighted by Gasteiger charge is 2.17. The van der Waals surface area contributed by atoms with Gasteiger partial charge in [0.2, 0.25) is 0 Å². The summed E-state index contributed by atoms with van der Waals surface area (Å²) in [6.07, 6.45) is 0.857. The molecule has 3 aromatic rings. The lowest BCUT2D eigenvalue weighted by Gasteiger charge is -2.18. The van der Waals surface area contributed by atoms with Crippen LogP contribution in [0.15, 0.2) is 42.5 Å². The van der Waals surface area contributed by atoms with Crippen LogP contribution in [0.3, 0.4) is 0 Å². The summed E-state index contributed by atoms with van der Waals surface area (Å²) in [7, 11) is 0. The second-order valence-electron chi connectivity index (χ2n) is 4.92. The monoisotopic (exact) mass is 320 g/mol. The minimum absolute atomic E-state index is 0.0630. The molecule has 1 unspecified atom stereocenters. The SMILES string of the molecule is CCC(c1ccccc1)n1c(=S)[nH]c2cc(Cl)c(F)cc21. The number of imidazole rings is 1. The van der Waals surface area contributed by atoms with Crippen LogP contribution in [0.2, 0.25) is 5.02 Å². The van der Waals surface area contributed by atoms with Crippen LogP contribution in [0.1, 0.15) is 24.9 Å². The number of fused-ring (bicyclic) bond motifs is 1. The van der Waals surface area contributed by atoms with Gasteiger partial charge in [-0.1, -0.05) is 48.9 Å². The summed E-state index contributed by atoms with van der Waals surface area (Å²) in [6, 6.07) is 13.2. The highest BCUT2D eigenvalue weighted by Crippen LogP contribution is 2.29. The van der Waals surface area contributed by atoms with Gasteiger partial charge in [0.05, 0.1) is 22.1 Å². The lowest BCUT2D eigenvalue weighted by molar-refractivity contribution is 0.572. The summed E-state index contributed by atoms with van der Waals surface area (Å²) >= 11 is 11.3. The molecule has 0 aliphatic heterocycles. The zero-order valence-electron chi connectivity index (χ0n) is 11.4. The van der Waals surface area contributed by atoms with Crippen molar-refractivity contribution < 1.29 is 4.39 Å².